The van der Waals surface area contributed by atoms with Crippen molar-refractivity contribution in [3.8, 4) is 28.3 Å². The van der Waals surface area contributed by atoms with E-state index in [1.165, 1.54) is 0 Å². The van der Waals surface area contributed by atoms with Crippen LogP contribution in [0.25, 0.3) is 22.5 Å². The Morgan fingerprint density at radius 3 is 2.66 bits per heavy atom. The van der Waals surface area contributed by atoms with Crippen molar-refractivity contribution in [2.45, 2.75) is 25.8 Å². The molecule has 7 heteroatoms. The van der Waals surface area contributed by atoms with E-state index in [9.17, 15) is 4.79 Å². The van der Waals surface area contributed by atoms with E-state index in [-0.39, 0.29) is 5.91 Å². The van der Waals surface area contributed by atoms with Crippen LogP contribution in [0.2, 0.25) is 0 Å². The maximum absolute atomic E-state index is 11.6. The predicted molar refractivity (Wildman–Crippen MR) is 112 cm³/mol. The minimum Gasteiger partial charge on any atom is -0.496 e. The van der Waals surface area contributed by atoms with Crippen molar-refractivity contribution in [3.63, 3.8) is 0 Å². The maximum atomic E-state index is 11.6. The van der Waals surface area contributed by atoms with Crippen molar-refractivity contribution >= 4 is 11.6 Å². The first-order chi connectivity index (χ1) is 14.1. The van der Waals surface area contributed by atoms with Crippen LogP contribution in [0.15, 0.2) is 49.1 Å². The number of aromatic nitrogens is 3. The number of amides is 1. The van der Waals surface area contributed by atoms with Gasteiger partial charge >= 0.3 is 0 Å². The third kappa shape index (κ3) is 3.68. The highest BCUT2D eigenvalue weighted by Crippen LogP contribution is 2.37. The molecule has 2 N–H and O–H groups in total. The van der Waals surface area contributed by atoms with Crippen LogP contribution in [0.5, 0.6) is 5.75 Å². The molecule has 29 heavy (non-hydrogen) atoms. The highest BCUT2D eigenvalue weighted by Gasteiger charge is 2.24. The molecule has 0 radical (unpaired) electrons. The molecule has 0 aliphatic carbocycles. The smallest absolute Gasteiger partial charge is 0.219 e. The van der Waals surface area contributed by atoms with Gasteiger partial charge in [0.25, 0.3) is 0 Å². The van der Waals surface area contributed by atoms with E-state index in [1.54, 1.807) is 32.5 Å². The van der Waals surface area contributed by atoms with Crippen LogP contribution in [0.3, 0.4) is 0 Å². The summed E-state index contributed by atoms with van der Waals surface area (Å²) in [5.41, 5.74) is 9.54. The lowest BCUT2D eigenvalue weighted by Crippen LogP contribution is -2.37. The molecular formula is C22H25N5O2. The number of pyridine rings is 1. The van der Waals surface area contributed by atoms with Gasteiger partial charge < -0.3 is 19.9 Å². The van der Waals surface area contributed by atoms with E-state index in [2.05, 4.69) is 20.6 Å². The van der Waals surface area contributed by atoms with Gasteiger partial charge in [0.15, 0.2) is 0 Å². The van der Waals surface area contributed by atoms with Crippen molar-refractivity contribution in [3.05, 3.63) is 49.1 Å². The second-order valence-electron chi connectivity index (χ2n) is 7.27. The quantitative estimate of drug-likeness (QED) is 0.737. The van der Waals surface area contributed by atoms with Gasteiger partial charge in [0.1, 0.15) is 11.6 Å². The summed E-state index contributed by atoms with van der Waals surface area (Å²) in [6.45, 7) is 3.18. The van der Waals surface area contributed by atoms with Gasteiger partial charge in [0.2, 0.25) is 5.91 Å². The molecule has 7 nitrogen and oxygen atoms in total. The molecule has 150 valence electrons. The predicted octanol–water partition coefficient (Wildman–Crippen LogP) is 3.39. The number of hydrogen-bond acceptors (Lipinski definition) is 5. The maximum Gasteiger partial charge on any atom is 0.219 e. The van der Waals surface area contributed by atoms with E-state index in [4.69, 9.17) is 10.5 Å². The largest absolute Gasteiger partial charge is 0.496 e. The first-order valence-corrected chi connectivity index (χ1v) is 9.75. The van der Waals surface area contributed by atoms with Crippen LogP contribution in [-0.4, -0.2) is 45.5 Å². The van der Waals surface area contributed by atoms with Crippen LogP contribution < -0.4 is 10.5 Å². The van der Waals surface area contributed by atoms with Gasteiger partial charge in [0, 0.05) is 73.2 Å². The number of methoxy groups -OCH3 is 1. The molecule has 3 heterocycles. The van der Waals surface area contributed by atoms with Crippen molar-refractivity contribution in [2.24, 2.45) is 0 Å². The van der Waals surface area contributed by atoms with Gasteiger partial charge in [-0.1, -0.05) is 0 Å². The number of anilines is 1. The molecule has 1 aliphatic heterocycles. The molecule has 1 fully saturated rings. The summed E-state index contributed by atoms with van der Waals surface area (Å²) in [7, 11) is 1.65. The van der Waals surface area contributed by atoms with E-state index in [0.29, 0.717) is 11.7 Å². The molecule has 0 atom stereocenters. The number of piperidine rings is 1. The third-order valence-corrected chi connectivity index (χ3v) is 5.57. The first kappa shape index (κ1) is 19.0. The van der Waals surface area contributed by atoms with Gasteiger partial charge in [-0.25, -0.2) is 4.98 Å². The first-order valence-electron chi connectivity index (χ1n) is 9.75. The number of benzene rings is 1. The number of imidazole rings is 1. The molecule has 4 rings (SSSR count). The monoisotopic (exact) mass is 391 g/mol. The van der Waals surface area contributed by atoms with Crippen LogP contribution in [-0.2, 0) is 4.79 Å². The highest BCUT2D eigenvalue weighted by atomic mass is 16.5. The lowest BCUT2D eigenvalue weighted by atomic mass is 10.0. The fourth-order valence-corrected chi connectivity index (χ4v) is 3.98. The van der Waals surface area contributed by atoms with E-state index in [1.807, 2.05) is 29.4 Å². The summed E-state index contributed by atoms with van der Waals surface area (Å²) in [4.78, 5) is 22.4. The molecule has 0 bridgehead atoms. The van der Waals surface area contributed by atoms with Crippen LogP contribution >= 0.6 is 0 Å². The average molecular weight is 391 g/mol. The Labute approximate surface area is 170 Å². The average Bonchev–Trinajstić information content (AvgIpc) is 3.23. The minimum atomic E-state index is 0.142. The highest BCUT2D eigenvalue weighted by molar-refractivity contribution is 5.82. The summed E-state index contributed by atoms with van der Waals surface area (Å²) in [6, 6.07) is 8.10. The number of rotatable bonds is 4. The number of nitrogens with two attached hydrogens (primary N) is 1. The molecule has 1 aliphatic rings. The molecule has 3 aromatic rings. The van der Waals surface area contributed by atoms with Gasteiger partial charge in [-0.2, -0.15) is 0 Å². The zero-order valence-electron chi connectivity index (χ0n) is 16.7. The number of nitrogen functional groups attached to an aromatic ring is 1. The Morgan fingerprint density at radius 2 is 1.97 bits per heavy atom. The number of carbonyl (C=O) groups is 1. The Hall–Kier alpha value is -3.35. The summed E-state index contributed by atoms with van der Waals surface area (Å²) >= 11 is 0. The lowest BCUT2D eigenvalue weighted by Gasteiger charge is -2.32. The normalized spacial score (nSPS) is 14.8. The van der Waals surface area contributed by atoms with Crippen molar-refractivity contribution < 1.29 is 9.53 Å². The Balaban J connectivity index is 1.69. The topological polar surface area (TPSA) is 86.3 Å². The molecule has 1 aromatic carbocycles. The van der Waals surface area contributed by atoms with Crippen LogP contribution in [0, 0.1) is 0 Å². The molecule has 0 spiro atoms. The summed E-state index contributed by atoms with van der Waals surface area (Å²) in [5.74, 6) is 1.78. The minimum absolute atomic E-state index is 0.142. The SMILES string of the molecule is COc1ccc(-c2nccn2C2CCN(C(C)=O)CC2)cc1-c1cnccc1N. The van der Waals surface area contributed by atoms with E-state index >= 15 is 0 Å². The Morgan fingerprint density at radius 1 is 1.17 bits per heavy atom. The number of likely N-dealkylation sites (tertiary alicyclic amines) is 1. The zero-order valence-corrected chi connectivity index (χ0v) is 16.7. The standard InChI is InChI=1S/C22H25N5O2/c1-15(28)26-10-6-17(7-11-26)27-12-9-25-22(27)16-3-4-21(29-2)18(13-16)19-14-24-8-5-20(19)23/h3-5,8-9,12-14,17H,6-7,10-11H2,1-2H3,(H2,23,24). The molecule has 2 aromatic heterocycles. The van der Waals surface area contributed by atoms with Gasteiger partial charge in [-0.3, -0.25) is 9.78 Å². The summed E-state index contributed by atoms with van der Waals surface area (Å²) < 4.78 is 7.78. The molecule has 0 saturated carbocycles. The Kier molecular flexibility index (Phi) is 5.20. The fraction of sp³-hybridized carbons (Fsp3) is 0.318. The van der Waals surface area contributed by atoms with E-state index < -0.39 is 0 Å². The number of carbonyl (C=O) groups excluding carboxylic acids is 1. The Bertz CT molecular complexity index is 1020. The second-order valence-corrected chi connectivity index (χ2v) is 7.27. The van der Waals surface area contributed by atoms with Crippen molar-refractivity contribution in [2.75, 3.05) is 25.9 Å². The van der Waals surface area contributed by atoms with Crippen LogP contribution in [0.4, 0.5) is 5.69 Å². The number of ether oxygens (including phenoxy) is 1. The van der Waals surface area contributed by atoms with E-state index in [0.717, 1.165) is 54.2 Å². The zero-order chi connectivity index (χ0) is 20.4. The fourth-order valence-electron chi connectivity index (χ4n) is 3.98. The molecule has 0 unspecified atom stereocenters. The van der Waals surface area contributed by atoms with Crippen LogP contribution in [0.1, 0.15) is 25.8 Å². The molecule has 1 amide bonds. The van der Waals surface area contributed by atoms with Crippen molar-refractivity contribution in [1.29, 1.82) is 0 Å². The lowest BCUT2D eigenvalue weighted by molar-refractivity contribution is -0.130. The summed E-state index contributed by atoms with van der Waals surface area (Å²) in [6.07, 6.45) is 9.11. The molecular weight excluding hydrogens is 366 g/mol. The van der Waals surface area contributed by atoms with Crippen molar-refractivity contribution in [1.82, 2.24) is 19.4 Å². The van der Waals surface area contributed by atoms with Gasteiger partial charge in [-0.05, 0) is 37.1 Å². The van der Waals surface area contributed by atoms with Gasteiger partial charge in [0.05, 0.1) is 7.11 Å². The second kappa shape index (κ2) is 7.95. The number of nitrogens with zero attached hydrogens (tertiary/aromatic N) is 4. The third-order valence-electron chi connectivity index (χ3n) is 5.57. The molecule has 1 saturated heterocycles. The summed E-state index contributed by atoms with van der Waals surface area (Å²) in [5, 5.41) is 0. The number of hydrogen-bond donors (Lipinski definition) is 1. The van der Waals surface area contributed by atoms with Gasteiger partial charge in [-0.15, -0.1) is 0 Å².